The molecular weight excluding hydrogens is 470 g/mol. The van der Waals surface area contributed by atoms with Crippen LogP contribution >= 0.6 is 11.3 Å². The van der Waals surface area contributed by atoms with Crippen molar-refractivity contribution in [2.45, 2.75) is 25.5 Å². The van der Waals surface area contributed by atoms with E-state index in [9.17, 15) is 9.90 Å². The smallest absolute Gasteiger partial charge is 0.274 e. The molecule has 1 fully saturated rings. The fourth-order valence-corrected chi connectivity index (χ4v) is 5.49. The average Bonchev–Trinajstić information content (AvgIpc) is 3.33. The van der Waals surface area contributed by atoms with Gasteiger partial charge in [-0.25, -0.2) is 15.0 Å². The molecule has 1 aliphatic heterocycles. The monoisotopic (exact) mass is 495 g/mol. The summed E-state index contributed by atoms with van der Waals surface area (Å²) in [5.74, 6) is -0.263. The molecule has 2 N–H and O–H groups in total. The molecule has 3 aromatic heterocycles. The number of carbonyl (C=O) groups is 1. The summed E-state index contributed by atoms with van der Waals surface area (Å²) in [6.07, 6.45) is 3.36. The highest BCUT2D eigenvalue weighted by atomic mass is 32.1. The van der Waals surface area contributed by atoms with Crippen LogP contribution in [0.1, 0.15) is 28.9 Å². The number of likely N-dealkylation sites (tertiary alicyclic amines) is 1. The fraction of sp³-hybridized carbons (Fsp3) is 0.214. The van der Waals surface area contributed by atoms with Crippen molar-refractivity contribution in [1.82, 2.24) is 19.9 Å². The number of aromatic nitrogens is 3. The molecule has 1 amide bonds. The second-order valence-electron chi connectivity index (χ2n) is 9.08. The molecule has 4 heterocycles. The lowest BCUT2D eigenvalue weighted by atomic mass is 10.1. The van der Waals surface area contributed by atoms with Gasteiger partial charge in [-0.3, -0.25) is 9.69 Å². The number of rotatable bonds is 5. The van der Waals surface area contributed by atoms with Crippen molar-refractivity contribution in [3.63, 3.8) is 0 Å². The van der Waals surface area contributed by atoms with Crippen LogP contribution in [0.2, 0.25) is 0 Å². The highest BCUT2D eigenvalue weighted by Gasteiger charge is 2.18. The number of anilines is 1. The number of nitrogens with zero attached hydrogens (tertiary/aromatic N) is 4. The molecule has 0 atom stereocenters. The number of para-hydroxylation sites is 2. The number of aliphatic hydroxyl groups is 1. The van der Waals surface area contributed by atoms with Gasteiger partial charge in [-0.2, -0.15) is 0 Å². The lowest BCUT2D eigenvalue weighted by Gasteiger charge is -2.29. The number of hydrogen-bond acceptors (Lipinski definition) is 7. The lowest BCUT2D eigenvalue weighted by Crippen LogP contribution is -2.35. The summed E-state index contributed by atoms with van der Waals surface area (Å²) >= 11 is 1.51. The van der Waals surface area contributed by atoms with Crippen LogP contribution in [0.4, 0.5) is 5.69 Å². The highest BCUT2D eigenvalue weighted by Crippen LogP contribution is 2.34. The van der Waals surface area contributed by atoms with Crippen molar-refractivity contribution in [3.05, 3.63) is 84.2 Å². The zero-order valence-electron chi connectivity index (χ0n) is 19.6. The topological polar surface area (TPSA) is 91.2 Å². The number of nitrogens with one attached hydrogen (secondary N) is 1. The summed E-state index contributed by atoms with van der Waals surface area (Å²) in [5, 5.41) is 14.6. The first-order valence-corrected chi connectivity index (χ1v) is 12.9. The first-order chi connectivity index (χ1) is 17.6. The van der Waals surface area contributed by atoms with E-state index in [0.717, 1.165) is 69.9 Å². The maximum Gasteiger partial charge on any atom is 0.274 e. The molecule has 0 bridgehead atoms. The third-order valence-electron chi connectivity index (χ3n) is 6.50. The van der Waals surface area contributed by atoms with E-state index >= 15 is 0 Å². The molecule has 0 unspecified atom stereocenters. The summed E-state index contributed by atoms with van der Waals surface area (Å²) in [5.41, 5.74) is 4.64. The highest BCUT2D eigenvalue weighted by molar-refractivity contribution is 7.21. The van der Waals surface area contributed by atoms with Crippen LogP contribution in [-0.2, 0) is 6.54 Å². The SMILES string of the molecule is O=C(Nc1ccccc1-c1nc2cc(CN3CCC(O)CC3)cnc2s1)c1ccc2ccccc2n1. The van der Waals surface area contributed by atoms with Crippen LogP contribution in [0.5, 0.6) is 0 Å². The fourth-order valence-electron chi connectivity index (χ4n) is 4.56. The van der Waals surface area contributed by atoms with Gasteiger partial charge in [0, 0.05) is 36.8 Å². The Kier molecular flexibility index (Phi) is 6.14. The Morgan fingerprint density at radius 2 is 1.81 bits per heavy atom. The van der Waals surface area contributed by atoms with Gasteiger partial charge in [-0.15, -0.1) is 0 Å². The Balaban J connectivity index is 1.24. The molecule has 0 spiro atoms. The van der Waals surface area contributed by atoms with Gasteiger partial charge in [0.05, 0.1) is 17.3 Å². The normalized spacial score (nSPS) is 14.9. The summed E-state index contributed by atoms with van der Waals surface area (Å²) in [6, 6.07) is 21.2. The van der Waals surface area contributed by atoms with E-state index in [1.54, 1.807) is 6.07 Å². The third kappa shape index (κ3) is 4.70. The van der Waals surface area contributed by atoms with Gasteiger partial charge in [-0.05, 0) is 48.7 Å². The predicted octanol–water partition coefficient (Wildman–Crippen LogP) is 5.12. The quantitative estimate of drug-likeness (QED) is 0.352. The summed E-state index contributed by atoms with van der Waals surface area (Å²) in [4.78, 5) is 30.3. The molecule has 1 saturated heterocycles. The molecule has 5 aromatic rings. The standard InChI is InChI=1S/C28H25N5O2S/c34-20-11-13-33(14-12-20)17-18-15-25-28(29-16-18)36-27(32-25)21-6-2-4-8-23(21)31-26(35)24-10-9-19-5-1-3-7-22(19)30-24/h1-10,15-16,20,34H,11-14,17H2,(H,31,35). The maximum absolute atomic E-state index is 13.0. The number of benzene rings is 2. The van der Waals surface area contributed by atoms with Crippen molar-refractivity contribution < 1.29 is 9.90 Å². The molecule has 0 aliphatic carbocycles. The number of aliphatic hydroxyl groups excluding tert-OH is 1. The first-order valence-electron chi connectivity index (χ1n) is 12.0. The van der Waals surface area contributed by atoms with Crippen molar-refractivity contribution in [3.8, 4) is 10.6 Å². The number of piperidine rings is 1. The van der Waals surface area contributed by atoms with Crippen LogP contribution in [-0.4, -0.2) is 50.1 Å². The molecule has 6 rings (SSSR count). The number of amides is 1. The molecule has 8 heteroatoms. The van der Waals surface area contributed by atoms with Gasteiger partial charge in [0.1, 0.15) is 21.0 Å². The minimum atomic E-state index is -0.263. The van der Waals surface area contributed by atoms with E-state index in [0.29, 0.717) is 11.4 Å². The molecule has 1 aliphatic rings. The zero-order chi connectivity index (χ0) is 24.5. The van der Waals surface area contributed by atoms with Gasteiger partial charge >= 0.3 is 0 Å². The van der Waals surface area contributed by atoms with E-state index in [1.165, 1.54) is 11.3 Å². The minimum Gasteiger partial charge on any atom is -0.393 e. The Hall–Kier alpha value is -3.72. The first kappa shape index (κ1) is 22.7. The summed E-state index contributed by atoms with van der Waals surface area (Å²) in [6.45, 7) is 2.58. The molecule has 2 aromatic carbocycles. The zero-order valence-corrected chi connectivity index (χ0v) is 20.4. The predicted molar refractivity (Wildman–Crippen MR) is 143 cm³/mol. The average molecular weight is 496 g/mol. The number of fused-ring (bicyclic) bond motifs is 2. The summed E-state index contributed by atoms with van der Waals surface area (Å²) in [7, 11) is 0. The second-order valence-corrected chi connectivity index (χ2v) is 10.1. The van der Waals surface area contributed by atoms with Crippen molar-refractivity contribution in [2.75, 3.05) is 18.4 Å². The van der Waals surface area contributed by atoms with Crippen LogP contribution in [0, 0.1) is 0 Å². The third-order valence-corrected chi connectivity index (χ3v) is 7.52. The van der Waals surface area contributed by atoms with Crippen LogP contribution in [0.25, 0.3) is 31.8 Å². The minimum absolute atomic E-state index is 0.180. The van der Waals surface area contributed by atoms with Crippen molar-refractivity contribution >= 4 is 44.2 Å². The molecule has 7 nitrogen and oxygen atoms in total. The van der Waals surface area contributed by atoms with E-state index in [-0.39, 0.29) is 12.0 Å². The number of carbonyl (C=O) groups excluding carboxylic acids is 1. The van der Waals surface area contributed by atoms with Crippen LogP contribution in [0.15, 0.2) is 72.9 Å². The van der Waals surface area contributed by atoms with Crippen LogP contribution in [0.3, 0.4) is 0 Å². The molecule has 0 saturated carbocycles. The Morgan fingerprint density at radius 1 is 1.00 bits per heavy atom. The van der Waals surface area contributed by atoms with Crippen molar-refractivity contribution in [2.24, 2.45) is 0 Å². The number of thiazole rings is 1. The largest absolute Gasteiger partial charge is 0.393 e. The van der Waals surface area contributed by atoms with Gasteiger partial charge in [0.25, 0.3) is 5.91 Å². The Morgan fingerprint density at radius 3 is 2.69 bits per heavy atom. The second kappa shape index (κ2) is 9.73. The van der Waals surface area contributed by atoms with E-state index in [2.05, 4.69) is 26.3 Å². The molecular formula is C28H25N5O2S. The van der Waals surface area contributed by atoms with Gasteiger partial charge in [0.15, 0.2) is 0 Å². The van der Waals surface area contributed by atoms with Gasteiger partial charge < -0.3 is 10.4 Å². The molecule has 0 radical (unpaired) electrons. The number of hydrogen-bond donors (Lipinski definition) is 2. The van der Waals surface area contributed by atoms with Crippen LogP contribution < -0.4 is 5.32 Å². The Labute approximate surface area is 212 Å². The van der Waals surface area contributed by atoms with Crippen molar-refractivity contribution in [1.29, 1.82) is 0 Å². The molecule has 36 heavy (non-hydrogen) atoms. The van der Waals surface area contributed by atoms with E-state index in [1.807, 2.05) is 60.8 Å². The lowest BCUT2D eigenvalue weighted by molar-refractivity contribution is 0.0792. The van der Waals surface area contributed by atoms with Gasteiger partial charge in [-0.1, -0.05) is 47.7 Å². The summed E-state index contributed by atoms with van der Waals surface area (Å²) < 4.78 is 0. The van der Waals surface area contributed by atoms with Gasteiger partial charge in [0.2, 0.25) is 0 Å². The van der Waals surface area contributed by atoms with E-state index in [4.69, 9.17) is 4.98 Å². The molecule has 180 valence electrons. The Bertz CT molecular complexity index is 1560. The maximum atomic E-state index is 13.0. The number of pyridine rings is 2. The van der Waals surface area contributed by atoms with E-state index < -0.39 is 0 Å².